The molecule has 0 aromatic heterocycles. The van der Waals surface area contributed by atoms with Crippen LogP contribution < -0.4 is 5.73 Å². The third-order valence-corrected chi connectivity index (χ3v) is 4.61. The summed E-state index contributed by atoms with van der Waals surface area (Å²) < 4.78 is 38.0. The second-order valence-electron chi connectivity index (χ2n) is 5.86. The molecule has 100 valence electrons. The predicted molar refractivity (Wildman–Crippen MR) is 61.4 cm³/mol. The van der Waals surface area contributed by atoms with Crippen LogP contribution in [0.4, 0.5) is 13.2 Å². The van der Waals surface area contributed by atoms with E-state index in [1.807, 2.05) is 0 Å². The Balaban J connectivity index is 1.83. The fourth-order valence-corrected chi connectivity index (χ4v) is 3.22. The lowest BCUT2D eigenvalue weighted by atomic mass is 9.73. The first-order valence-electron chi connectivity index (χ1n) is 6.79. The molecule has 0 saturated heterocycles. The molecule has 2 aliphatic rings. The molecule has 0 aromatic carbocycles. The summed E-state index contributed by atoms with van der Waals surface area (Å²) >= 11 is 0. The average Bonchev–Trinajstić information content (AvgIpc) is 2.22. The van der Waals surface area contributed by atoms with Crippen LogP contribution >= 0.6 is 0 Å². The van der Waals surface area contributed by atoms with Gasteiger partial charge in [-0.2, -0.15) is 13.2 Å². The van der Waals surface area contributed by atoms with Crippen molar-refractivity contribution in [2.75, 3.05) is 0 Å². The molecule has 0 heterocycles. The van der Waals surface area contributed by atoms with E-state index in [2.05, 4.69) is 0 Å². The number of hydrogen-bond donors (Lipinski definition) is 1. The fraction of sp³-hybridized carbons (Fsp3) is 1.00. The van der Waals surface area contributed by atoms with Crippen molar-refractivity contribution in [3.63, 3.8) is 0 Å². The molecule has 2 saturated carbocycles. The van der Waals surface area contributed by atoms with Gasteiger partial charge in [0.2, 0.25) is 0 Å². The van der Waals surface area contributed by atoms with E-state index >= 15 is 0 Å². The Kier molecular flexibility index (Phi) is 4.01. The largest absolute Gasteiger partial charge is 0.391 e. The van der Waals surface area contributed by atoms with E-state index in [0.717, 1.165) is 12.8 Å². The molecule has 3 unspecified atom stereocenters. The summed E-state index contributed by atoms with van der Waals surface area (Å²) in [6.45, 7) is 0. The van der Waals surface area contributed by atoms with E-state index in [0.29, 0.717) is 18.8 Å². The summed E-state index contributed by atoms with van der Waals surface area (Å²) in [6, 6.07) is -0.00884. The zero-order chi connectivity index (χ0) is 12.5. The minimum Gasteiger partial charge on any atom is -0.327 e. The Morgan fingerprint density at radius 3 is 2.24 bits per heavy atom. The quantitative estimate of drug-likeness (QED) is 0.807. The van der Waals surface area contributed by atoms with Gasteiger partial charge in [0.15, 0.2) is 0 Å². The number of alkyl halides is 3. The maximum atomic E-state index is 12.7. The Morgan fingerprint density at radius 1 is 1.06 bits per heavy atom. The van der Waals surface area contributed by atoms with E-state index in [4.69, 9.17) is 5.73 Å². The molecule has 2 rings (SSSR count). The summed E-state index contributed by atoms with van der Waals surface area (Å²) in [7, 11) is 0. The Hall–Kier alpha value is -0.250. The van der Waals surface area contributed by atoms with Gasteiger partial charge in [-0.3, -0.25) is 0 Å². The van der Waals surface area contributed by atoms with Crippen LogP contribution in [0.25, 0.3) is 0 Å². The number of rotatable bonds is 3. The Morgan fingerprint density at radius 2 is 1.71 bits per heavy atom. The van der Waals surface area contributed by atoms with E-state index < -0.39 is 12.1 Å². The van der Waals surface area contributed by atoms with Crippen LogP contribution in [0, 0.1) is 17.8 Å². The van der Waals surface area contributed by atoms with Gasteiger partial charge in [-0.05, 0) is 37.5 Å². The molecule has 4 heteroatoms. The minimum atomic E-state index is -4.02. The maximum absolute atomic E-state index is 12.7. The molecule has 0 amide bonds. The van der Waals surface area contributed by atoms with E-state index in [9.17, 15) is 13.2 Å². The van der Waals surface area contributed by atoms with Crippen molar-refractivity contribution in [3.05, 3.63) is 0 Å². The SMILES string of the molecule is NC(CC1CCC1)C1CCCC(C(F)(F)F)C1. The molecule has 0 bridgehead atoms. The van der Waals surface area contributed by atoms with Crippen molar-refractivity contribution >= 4 is 0 Å². The average molecular weight is 249 g/mol. The molecule has 0 spiro atoms. The number of halogens is 3. The summed E-state index contributed by atoms with van der Waals surface area (Å²) in [5.74, 6) is -0.319. The summed E-state index contributed by atoms with van der Waals surface area (Å²) in [5.41, 5.74) is 6.10. The summed E-state index contributed by atoms with van der Waals surface area (Å²) in [5, 5.41) is 0. The van der Waals surface area contributed by atoms with Crippen LogP contribution in [0.15, 0.2) is 0 Å². The van der Waals surface area contributed by atoms with E-state index in [1.54, 1.807) is 0 Å². The lowest BCUT2D eigenvalue weighted by molar-refractivity contribution is -0.186. The fourth-order valence-electron chi connectivity index (χ4n) is 3.22. The van der Waals surface area contributed by atoms with Gasteiger partial charge in [0.1, 0.15) is 0 Å². The van der Waals surface area contributed by atoms with Crippen molar-refractivity contribution in [3.8, 4) is 0 Å². The zero-order valence-corrected chi connectivity index (χ0v) is 10.2. The molecule has 2 N–H and O–H groups in total. The van der Waals surface area contributed by atoms with E-state index in [1.165, 1.54) is 19.3 Å². The smallest absolute Gasteiger partial charge is 0.327 e. The van der Waals surface area contributed by atoms with Crippen LogP contribution in [0.5, 0.6) is 0 Å². The molecular weight excluding hydrogens is 227 g/mol. The maximum Gasteiger partial charge on any atom is 0.391 e. The number of hydrogen-bond acceptors (Lipinski definition) is 1. The zero-order valence-electron chi connectivity index (χ0n) is 10.2. The van der Waals surface area contributed by atoms with Gasteiger partial charge in [-0.1, -0.05) is 25.7 Å². The van der Waals surface area contributed by atoms with Crippen LogP contribution in [0.1, 0.15) is 51.4 Å². The molecule has 1 nitrogen and oxygen atoms in total. The van der Waals surface area contributed by atoms with Crippen molar-refractivity contribution in [1.82, 2.24) is 0 Å². The van der Waals surface area contributed by atoms with Crippen LogP contribution in [0.2, 0.25) is 0 Å². The van der Waals surface area contributed by atoms with Gasteiger partial charge in [0.25, 0.3) is 0 Å². The van der Waals surface area contributed by atoms with Crippen molar-refractivity contribution in [2.45, 2.75) is 63.6 Å². The molecule has 2 aliphatic carbocycles. The van der Waals surface area contributed by atoms with E-state index in [-0.39, 0.29) is 18.4 Å². The van der Waals surface area contributed by atoms with Gasteiger partial charge in [-0.25, -0.2) is 0 Å². The highest BCUT2D eigenvalue weighted by Gasteiger charge is 2.43. The van der Waals surface area contributed by atoms with Crippen molar-refractivity contribution in [1.29, 1.82) is 0 Å². The molecule has 17 heavy (non-hydrogen) atoms. The highest BCUT2D eigenvalue weighted by atomic mass is 19.4. The first kappa shape index (κ1) is 13.2. The first-order valence-corrected chi connectivity index (χ1v) is 6.79. The standard InChI is InChI=1S/C13H22F3N/c14-13(15,16)11-6-2-5-10(8-11)12(17)7-9-3-1-4-9/h9-12H,1-8,17H2. The lowest BCUT2D eigenvalue weighted by Crippen LogP contribution is -2.39. The molecule has 0 aromatic rings. The van der Waals surface area contributed by atoms with Crippen LogP contribution in [0.3, 0.4) is 0 Å². The molecule has 0 radical (unpaired) electrons. The van der Waals surface area contributed by atoms with Gasteiger partial charge in [-0.15, -0.1) is 0 Å². The number of nitrogens with two attached hydrogens (primary N) is 1. The molecule has 3 atom stereocenters. The van der Waals surface area contributed by atoms with Crippen molar-refractivity contribution < 1.29 is 13.2 Å². The topological polar surface area (TPSA) is 26.0 Å². The lowest BCUT2D eigenvalue weighted by Gasteiger charge is -2.36. The highest BCUT2D eigenvalue weighted by molar-refractivity contribution is 4.86. The van der Waals surface area contributed by atoms with Gasteiger partial charge in [0.05, 0.1) is 5.92 Å². The Bertz CT molecular complexity index is 248. The van der Waals surface area contributed by atoms with Gasteiger partial charge >= 0.3 is 6.18 Å². The normalized spacial score (nSPS) is 33.2. The van der Waals surface area contributed by atoms with Crippen LogP contribution in [-0.2, 0) is 0 Å². The Labute approximate surface area is 101 Å². The van der Waals surface area contributed by atoms with Gasteiger partial charge in [0, 0.05) is 6.04 Å². The highest BCUT2D eigenvalue weighted by Crippen LogP contribution is 2.42. The first-order chi connectivity index (χ1) is 7.97. The van der Waals surface area contributed by atoms with Gasteiger partial charge < -0.3 is 5.73 Å². The minimum absolute atomic E-state index is 0.00884. The molecular formula is C13H22F3N. The monoisotopic (exact) mass is 249 g/mol. The predicted octanol–water partition coefficient (Wildman–Crippen LogP) is 3.87. The van der Waals surface area contributed by atoms with Crippen molar-refractivity contribution in [2.24, 2.45) is 23.5 Å². The second kappa shape index (κ2) is 5.17. The summed E-state index contributed by atoms with van der Waals surface area (Å²) in [4.78, 5) is 0. The third kappa shape index (κ3) is 3.36. The second-order valence-corrected chi connectivity index (χ2v) is 5.86. The van der Waals surface area contributed by atoms with Crippen LogP contribution in [-0.4, -0.2) is 12.2 Å². The molecule has 2 fully saturated rings. The summed E-state index contributed by atoms with van der Waals surface area (Å²) in [6.07, 6.45) is 2.78. The molecule has 0 aliphatic heterocycles. The third-order valence-electron chi connectivity index (χ3n) is 4.61.